The topological polar surface area (TPSA) is 63.6 Å². The van der Waals surface area contributed by atoms with Crippen molar-refractivity contribution in [3.63, 3.8) is 0 Å². The Labute approximate surface area is 137 Å². The van der Waals surface area contributed by atoms with Crippen molar-refractivity contribution in [3.05, 3.63) is 61.6 Å². The standard InChI is InChI=1S/C14H8BrIO4/c15-10-7-8(13(17)18)5-6-12(10)20-14(19)9-3-1-2-4-11(9)16/h1-7H,(H,17,18). The predicted octanol–water partition coefficient (Wildman–Crippen LogP) is 3.97. The van der Waals surface area contributed by atoms with Crippen molar-refractivity contribution < 1.29 is 19.4 Å². The first-order valence-corrected chi connectivity index (χ1v) is 7.36. The number of carbonyl (C=O) groups excluding carboxylic acids is 1. The van der Waals surface area contributed by atoms with Gasteiger partial charge in [-0.3, -0.25) is 0 Å². The van der Waals surface area contributed by atoms with Crippen molar-refractivity contribution in [3.8, 4) is 5.75 Å². The van der Waals surface area contributed by atoms with Crippen LogP contribution in [0.15, 0.2) is 46.9 Å². The molecule has 1 N–H and O–H groups in total. The zero-order valence-corrected chi connectivity index (χ0v) is 13.7. The summed E-state index contributed by atoms with van der Waals surface area (Å²) in [7, 11) is 0. The largest absolute Gasteiger partial charge is 0.478 e. The monoisotopic (exact) mass is 446 g/mol. The molecule has 0 aliphatic heterocycles. The van der Waals surface area contributed by atoms with E-state index >= 15 is 0 Å². The highest BCUT2D eigenvalue weighted by Crippen LogP contribution is 2.27. The van der Waals surface area contributed by atoms with Crippen molar-refractivity contribution in [2.75, 3.05) is 0 Å². The molecule has 2 aromatic carbocycles. The smallest absolute Gasteiger partial charge is 0.344 e. The highest BCUT2D eigenvalue weighted by molar-refractivity contribution is 14.1. The van der Waals surface area contributed by atoms with E-state index in [2.05, 4.69) is 38.5 Å². The number of aromatic carboxylic acids is 1. The van der Waals surface area contributed by atoms with Gasteiger partial charge in [-0.1, -0.05) is 12.1 Å². The second-order valence-electron chi connectivity index (χ2n) is 3.82. The molecule has 0 spiro atoms. The summed E-state index contributed by atoms with van der Waals surface area (Å²) in [6.07, 6.45) is 0. The number of ether oxygens (including phenoxy) is 1. The van der Waals surface area contributed by atoms with E-state index in [1.165, 1.54) is 18.2 Å². The molecule has 4 nitrogen and oxygen atoms in total. The Hall–Kier alpha value is -1.41. The zero-order valence-electron chi connectivity index (χ0n) is 9.97. The number of carboxylic acids is 1. The summed E-state index contributed by atoms with van der Waals surface area (Å²) in [6.45, 7) is 0. The Bertz CT molecular complexity index is 685. The molecular weight excluding hydrogens is 439 g/mol. The Morgan fingerprint density at radius 3 is 2.45 bits per heavy atom. The quantitative estimate of drug-likeness (QED) is 0.440. The van der Waals surface area contributed by atoms with E-state index in [1.54, 1.807) is 18.2 Å². The molecule has 0 heterocycles. The van der Waals surface area contributed by atoms with E-state index < -0.39 is 11.9 Å². The summed E-state index contributed by atoms with van der Waals surface area (Å²) in [5, 5.41) is 8.87. The molecular formula is C14H8BrIO4. The fourth-order valence-corrected chi connectivity index (χ4v) is 2.57. The van der Waals surface area contributed by atoms with Gasteiger partial charge in [0.2, 0.25) is 0 Å². The van der Waals surface area contributed by atoms with Gasteiger partial charge in [-0.25, -0.2) is 9.59 Å². The zero-order chi connectivity index (χ0) is 14.7. The minimum absolute atomic E-state index is 0.117. The van der Waals surface area contributed by atoms with Crippen molar-refractivity contribution in [1.82, 2.24) is 0 Å². The Kier molecular flexibility index (Phi) is 4.77. The molecule has 102 valence electrons. The third kappa shape index (κ3) is 3.37. The minimum atomic E-state index is -1.04. The van der Waals surface area contributed by atoms with Crippen LogP contribution in [0.2, 0.25) is 0 Å². The fourth-order valence-electron chi connectivity index (χ4n) is 1.50. The Morgan fingerprint density at radius 2 is 1.85 bits per heavy atom. The summed E-state index contributed by atoms with van der Waals surface area (Å²) >= 11 is 5.24. The van der Waals surface area contributed by atoms with Crippen molar-refractivity contribution >= 4 is 50.5 Å². The minimum Gasteiger partial charge on any atom is -0.478 e. The maximum Gasteiger partial charge on any atom is 0.344 e. The predicted molar refractivity (Wildman–Crippen MR) is 85.2 cm³/mol. The van der Waals surface area contributed by atoms with Crippen LogP contribution in [0.4, 0.5) is 0 Å². The van der Waals surface area contributed by atoms with Crippen LogP contribution in [0, 0.1) is 3.57 Å². The SMILES string of the molecule is O=C(O)c1ccc(OC(=O)c2ccccc2I)c(Br)c1. The van der Waals surface area contributed by atoms with E-state index in [1.807, 2.05) is 6.07 Å². The van der Waals surface area contributed by atoms with Gasteiger partial charge in [0.1, 0.15) is 5.75 Å². The van der Waals surface area contributed by atoms with Gasteiger partial charge < -0.3 is 9.84 Å². The number of hydrogen-bond donors (Lipinski definition) is 1. The molecule has 0 radical (unpaired) electrons. The van der Waals surface area contributed by atoms with Crippen LogP contribution in [0.1, 0.15) is 20.7 Å². The Morgan fingerprint density at radius 1 is 1.15 bits per heavy atom. The first-order valence-electron chi connectivity index (χ1n) is 5.48. The highest BCUT2D eigenvalue weighted by Gasteiger charge is 2.14. The molecule has 0 amide bonds. The first-order chi connectivity index (χ1) is 9.49. The molecule has 0 unspecified atom stereocenters. The maximum atomic E-state index is 12.0. The van der Waals surface area contributed by atoms with E-state index in [-0.39, 0.29) is 11.3 Å². The van der Waals surface area contributed by atoms with Gasteiger partial charge in [0, 0.05) is 3.57 Å². The van der Waals surface area contributed by atoms with Gasteiger partial charge in [0.15, 0.2) is 0 Å². The van der Waals surface area contributed by atoms with E-state index in [0.29, 0.717) is 10.0 Å². The summed E-state index contributed by atoms with van der Waals surface area (Å²) in [4.78, 5) is 22.9. The van der Waals surface area contributed by atoms with Crippen LogP contribution in [0.25, 0.3) is 0 Å². The van der Waals surface area contributed by atoms with Gasteiger partial charge in [0.05, 0.1) is 15.6 Å². The molecule has 0 saturated carbocycles. The van der Waals surface area contributed by atoms with Crippen molar-refractivity contribution in [2.24, 2.45) is 0 Å². The van der Waals surface area contributed by atoms with Gasteiger partial charge >= 0.3 is 11.9 Å². The number of hydrogen-bond acceptors (Lipinski definition) is 3. The van der Waals surface area contributed by atoms with E-state index in [4.69, 9.17) is 9.84 Å². The fraction of sp³-hybridized carbons (Fsp3) is 0. The summed E-state index contributed by atoms with van der Waals surface area (Å²) < 4.78 is 6.46. The lowest BCUT2D eigenvalue weighted by Gasteiger charge is -2.08. The molecule has 2 rings (SSSR count). The van der Waals surface area contributed by atoms with Gasteiger partial charge in [-0.2, -0.15) is 0 Å². The summed E-state index contributed by atoms with van der Waals surface area (Å²) in [6, 6.07) is 11.3. The van der Waals surface area contributed by atoms with Crippen LogP contribution in [-0.2, 0) is 0 Å². The molecule has 0 aliphatic carbocycles. The second-order valence-corrected chi connectivity index (χ2v) is 5.84. The second kappa shape index (κ2) is 6.36. The molecule has 0 bridgehead atoms. The molecule has 0 aliphatic rings. The third-order valence-electron chi connectivity index (χ3n) is 2.48. The van der Waals surface area contributed by atoms with Crippen LogP contribution in [-0.4, -0.2) is 17.0 Å². The normalized spacial score (nSPS) is 10.1. The molecule has 2 aromatic rings. The van der Waals surface area contributed by atoms with Crippen molar-refractivity contribution in [1.29, 1.82) is 0 Å². The first kappa shape index (κ1) is 15.0. The maximum absolute atomic E-state index is 12.0. The lowest BCUT2D eigenvalue weighted by atomic mass is 10.2. The lowest BCUT2D eigenvalue weighted by Crippen LogP contribution is -2.10. The molecule has 0 saturated heterocycles. The van der Waals surface area contributed by atoms with Crippen LogP contribution >= 0.6 is 38.5 Å². The van der Waals surface area contributed by atoms with Gasteiger partial charge in [-0.05, 0) is 68.9 Å². The van der Waals surface area contributed by atoms with Crippen LogP contribution in [0.5, 0.6) is 5.75 Å². The summed E-state index contributed by atoms with van der Waals surface area (Å²) in [5.41, 5.74) is 0.577. The third-order valence-corrected chi connectivity index (χ3v) is 4.04. The molecule has 0 atom stereocenters. The number of halogens is 2. The van der Waals surface area contributed by atoms with E-state index in [0.717, 1.165) is 3.57 Å². The highest BCUT2D eigenvalue weighted by atomic mass is 127. The number of benzene rings is 2. The number of esters is 1. The van der Waals surface area contributed by atoms with E-state index in [9.17, 15) is 9.59 Å². The molecule has 20 heavy (non-hydrogen) atoms. The van der Waals surface area contributed by atoms with Crippen LogP contribution in [0.3, 0.4) is 0 Å². The Balaban J connectivity index is 2.25. The average molecular weight is 447 g/mol. The van der Waals surface area contributed by atoms with Gasteiger partial charge in [-0.15, -0.1) is 0 Å². The van der Waals surface area contributed by atoms with Crippen LogP contribution < -0.4 is 4.74 Å². The number of carbonyl (C=O) groups is 2. The lowest BCUT2D eigenvalue weighted by molar-refractivity contribution is 0.0696. The summed E-state index contributed by atoms with van der Waals surface area (Å²) in [5.74, 6) is -1.25. The van der Waals surface area contributed by atoms with Gasteiger partial charge in [0.25, 0.3) is 0 Å². The molecule has 0 aromatic heterocycles. The van der Waals surface area contributed by atoms with Crippen molar-refractivity contribution in [2.45, 2.75) is 0 Å². The number of carboxylic acid groups (broad SMARTS) is 1. The number of rotatable bonds is 3. The molecule has 0 fully saturated rings. The average Bonchev–Trinajstić information content (AvgIpc) is 2.41. The molecule has 6 heteroatoms.